The maximum Gasteiger partial charge on any atom is 0.340 e. The zero-order valence-corrected chi connectivity index (χ0v) is 17.6. The van der Waals surface area contributed by atoms with Crippen molar-refractivity contribution in [1.29, 1.82) is 0 Å². The van der Waals surface area contributed by atoms with Gasteiger partial charge in [-0.2, -0.15) is 0 Å². The Kier molecular flexibility index (Phi) is 4.89. The summed E-state index contributed by atoms with van der Waals surface area (Å²) in [5.41, 5.74) is 0.708. The Morgan fingerprint density at radius 3 is 2.18 bits per heavy atom. The van der Waals surface area contributed by atoms with Gasteiger partial charge in [-0.1, -0.05) is 6.07 Å². The predicted octanol–water partition coefficient (Wildman–Crippen LogP) is 3.51. The van der Waals surface area contributed by atoms with E-state index < -0.39 is 23.6 Å². The van der Waals surface area contributed by atoms with Crippen molar-refractivity contribution in [2.75, 3.05) is 5.32 Å². The molecule has 0 aromatic heterocycles. The third-order valence-electron chi connectivity index (χ3n) is 5.99. The van der Waals surface area contributed by atoms with Gasteiger partial charge in [-0.3, -0.25) is 0 Å². The first-order valence-electron chi connectivity index (χ1n) is 10.5. The van der Waals surface area contributed by atoms with Crippen LogP contribution in [0.15, 0.2) is 54.6 Å². The summed E-state index contributed by atoms with van der Waals surface area (Å²) in [4.78, 5) is 35.3. The molecule has 5 rings (SSSR count). The Labute approximate surface area is 193 Å². The monoisotopic (exact) mass is 461 g/mol. The number of fused-ring (bicyclic) bond motifs is 6. The number of carbonyl (C=O) groups is 3. The maximum absolute atomic E-state index is 13.1. The van der Waals surface area contributed by atoms with Crippen molar-refractivity contribution in [1.82, 2.24) is 0 Å². The van der Waals surface area contributed by atoms with Crippen LogP contribution >= 0.6 is 0 Å². The van der Waals surface area contributed by atoms with Gasteiger partial charge >= 0.3 is 11.9 Å². The normalized spacial score (nSPS) is 15.4. The number of rotatable bonds is 6. The molecule has 9 nitrogen and oxygen atoms in total. The van der Waals surface area contributed by atoms with Gasteiger partial charge in [0, 0.05) is 40.9 Å². The lowest BCUT2D eigenvalue weighted by Gasteiger charge is -2.36. The van der Waals surface area contributed by atoms with Gasteiger partial charge in [0.2, 0.25) is 0 Å². The molecule has 2 aliphatic rings. The van der Waals surface area contributed by atoms with Gasteiger partial charge in [-0.25, -0.2) is 9.59 Å². The van der Waals surface area contributed by atoms with Gasteiger partial charge in [-0.15, -0.1) is 0 Å². The number of phenolic OH excluding ortho intramolecular Hbond substituents is 2. The fraction of sp³-hybridized carbons (Fsp3) is 0.160. The van der Waals surface area contributed by atoms with Crippen LogP contribution in [0.5, 0.6) is 23.0 Å². The average molecular weight is 461 g/mol. The van der Waals surface area contributed by atoms with Gasteiger partial charge in [0.05, 0.1) is 5.56 Å². The van der Waals surface area contributed by atoms with Crippen LogP contribution in [-0.4, -0.2) is 39.6 Å². The maximum atomic E-state index is 13.1. The van der Waals surface area contributed by atoms with E-state index in [0.29, 0.717) is 28.7 Å². The minimum atomic E-state index is -1.39. The summed E-state index contributed by atoms with van der Waals surface area (Å²) < 4.78 is 11.9. The number of ether oxygens (including phenoxy) is 2. The molecule has 0 saturated carbocycles. The summed E-state index contributed by atoms with van der Waals surface area (Å²) in [5, 5.41) is 32.3. The molecule has 0 saturated heterocycles. The van der Waals surface area contributed by atoms with Crippen molar-refractivity contribution >= 4 is 23.9 Å². The molecular formula is C25H19NO8. The summed E-state index contributed by atoms with van der Waals surface area (Å²) in [6.07, 6.45) is 0.819. The summed E-state index contributed by atoms with van der Waals surface area (Å²) in [6, 6.07) is 12.7. The molecule has 172 valence electrons. The van der Waals surface area contributed by atoms with E-state index in [2.05, 4.69) is 5.32 Å². The van der Waals surface area contributed by atoms with Gasteiger partial charge in [0.1, 0.15) is 35.3 Å². The number of carbonyl (C=O) groups excluding carboxylic acids is 2. The van der Waals surface area contributed by atoms with Crippen LogP contribution in [0.2, 0.25) is 0 Å². The van der Waals surface area contributed by atoms with Gasteiger partial charge < -0.3 is 34.9 Å². The van der Waals surface area contributed by atoms with E-state index in [0.717, 1.165) is 0 Å². The molecule has 3 aromatic carbocycles. The van der Waals surface area contributed by atoms with Gasteiger partial charge in [0.25, 0.3) is 0 Å². The van der Waals surface area contributed by atoms with Crippen molar-refractivity contribution in [2.24, 2.45) is 0 Å². The molecular weight excluding hydrogens is 442 g/mol. The topological polar surface area (TPSA) is 142 Å². The van der Waals surface area contributed by atoms with E-state index in [1.807, 2.05) is 0 Å². The van der Waals surface area contributed by atoms with Crippen LogP contribution in [0, 0.1) is 0 Å². The van der Waals surface area contributed by atoms with Crippen LogP contribution in [0.4, 0.5) is 5.69 Å². The first kappa shape index (κ1) is 21.3. The van der Waals surface area contributed by atoms with Crippen molar-refractivity contribution in [2.45, 2.75) is 24.5 Å². The highest BCUT2D eigenvalue weighted by molar-refractivity contribution is 5.98. The van der Waals surface area contributed by atoms with E-state index in [9.17, 15) is 29.7 Å². The second-order valence-corrected chi connectivity index (χ2v) is 8.07. The van der Waals surface area contributed by atoms with E-state index in [-0.39, 0.29) is 41.4 Å². The Hall–Kier alpha value is -4.53. The molecule has 4 N–H and O–H groups in total. The van der Waals surface area contributed by atoms with E-state index in [1.165, 1.54) is 30.3 Å². The first-order chi connectivity index (χ1) is 16.3. The Balaban J connectivity index is 1.65. The lowest BCUT2D eigenvalue weighted by molar-refractivity contribution is -0.138. The molecule has 9 heteroatoms. The lowest BCUT2D eigenvalue weighted by Crippen LogP contribution is -2.33. The molecule has 0 radical (unpaired) electrons. The number of benzene rings is 3. The number of nitrogens with one attached hydrogen (secondary N) is 1. The van der Waals surface area contributed by atoms with Crippen molar-refractivity contribution in [3.63, 3.8) is 0 Å². The molecule has 1 spiro atoms. The number of phenols is 2. The lowest BCUT2D eigenvalue weighted by atomic mass is 9.77. The van der Waals surface area contributed by atoms with Crippen LogP contribution in [-0.2, 0) is 19.9 Å². The second kappa shape index (κ2) is 7.80. The number of hydrogen-bond acceptors (Lipinski definition) is 8. The summed E-state index contributed by atoms with van der Waals surface area (Å²) in [6.45, 7) is 0. The van der Waals surface area contributed by atoms with E-state index >= 15 is 0 Å². The standard InChI is InChI=1S/C25H19NO8/c27-9-1-2-20(23(30)31)26-13-3-6-17-16(10-13)24(32)34-25(17)18-7-4-14(28)11-21(18)33-22-12-15(29)5-8-19(22)25/h3-12,20,26,28-29H,1-2H2,(H,30,31). The highest BCUT2D eigenvalue weighted by Crippen LogP contribution is 2.57. The molecule has 0 bridgehead atoms. The number of aldehydes is 1. The number of anilines is 1. The fourth-order valence-electron chi connectivity index (χ4n) is 4.49. The van der Waals surface area contributed by atoms with E-state index in [1.54, 1.807) is 24.3 Å². The third kappa shape index (κ3) is 3.21. The van der Waals surface area contributed by atoms with E-state index in [4.69, 9.17) is 9.47 Å². The van der Waals surface area contributed by atoms with Crippen molar-refractivity contribution in [3.8, 4) is 23.0 Å². The molecule has 1 atom stereocenters. The molecule has 34 heavy (non-hydrogen) atoms. The zero-order chi connectivity index (χ0) is 24.0. The third-order valence-corrected chi connectivity index (χ3v) is 5.99. The number of aliphatic carboxylic acids is 1. The Bertz CT molecular complexity index is 1300. The molecule has 2 heterocycles. The second-order valence-electron chi connectivity index (χ2n) is 8.07. The highest BCUT2D eigenvalue weighted by atomic mass is 16.6. The molecule has 2 aliphatic heterocycles. The largest absolute Gasteiger partial charge is 0.508 e. The minimum absolute atomic E-state index is 0.0448. The van der Waals surface area contributed by atoms with Crippen LogP contribution in [0.25, 0.3) is 0 Å². The summed E-state index contributed by atoms with van der Waals surface area (Å²) in [5.74, 6) is -1.30. The number of aromatic hydroxyl groups is 2. The van der Waals surface area contributed by atoms with Gasteiger partial charge in [-0.05, 0) is 42.8 Å². The predicted molar refractivity (Wildman–Crippen MR) is 118 cm³/mol. The SMILES string of the molecule is O=CCCC(Nc1ccc2c(c1)C(=O)OC21c2ccc(O)cc2Oc2cc(O)ccc21)C(=O)O. The first-order valence-corrected chi connectivity index (χ1v) is 10.5. The minimum Gasteiger partial charge on any atom is -0.508 e. The number of hydrogen-bond donors (Lipinski definition) is 4. The summed E-state index contributed by atoms with van der Waals surface area (Å²) >= 11 is 0. The Morgan fingerprint density at radius 1 is 0.971 bits per heavy atom. The fourth-order valence-corrected chi connectivity index (χ4v) is 4.49. The Morgan fingerprint density at radius 2 is 1.59 bits per heavy atom. The van der Waals surface area contributed by atoms with Crippen LogP contribution < -0.4 is 10.1 Å². The quantitative estimate of drug-likeness (QED) is 0.320. The van der Waals surface area contributed by atoms with Crippen LogP contribution in [0.1, 0.15) is 39.9 Å². The number of carboxylic acid groups (broad SMARTS) is 1. The highest BCUT2D eigenvalue weighted by Gasteiger charge is 2.53. The number of esters is 1. The smallest absolute Gasteiger partial charge is 0.340 e. The molecule has 0 amide bonds. The molecule has 3 aromatic rings. The zero-order valence-electron chi connectivity index (χ0n) is 17.6. The average Bonchev–Trinajstić information content (AvgIpc) is 3.08. The molecule has 0 fully saturated rings. The van der Waals surface area contributed by atoms with Crippen molar-refractivity contribution in [3.05, 3.63) is 76.9 Å². The van der Waals surface area contributed by atoms with Gasteiger partial charge in [0.15, 0.2) is 5.60 Å². The molecule has 1 unspecified atom stereocenters. The molecule has 0 aliphatic carbocycles. The van der Waals surface area contributed by atoms with Crippen molar-refractivity contribution < 1.29 is 39.2 Å². The number of carboxylic acids is 1. The van der Waals surface area contributed by atoms with Crippen LogP contribution in [0.3, 0.4) is 0 Å². The summed E-state index contributed by atoms with van der Waals surface area (Å²) in [7, 11) is 0.